The first-order chi connectivity index (χ1) is 9.26. The lowest BCUT2D eigenvalue weighted by Crippen LogP contribution is -2.32. The van der Waals surface area contributed by atoms with Crippen LogP contribution in [-0.2, 0) is 0 Å². The van der Waals surface area contributed by atoms with Crippen molar-refractivity contribution in [2.24, 2.45) is 17.6 Å². The first-order valence-corrected chi connectivity index (χ1v) is 7.21. The number of nitrogens with two attached hydrogens (primary N) is 1. The van der Waals surface area contributed by atoms with Crippen molar-refractivity contribution in [2.45, 2.75) is 32.2 Å². The maximum absolute atomic E-state index is 6.07. The monoisotopic (exact) mass is 262 g/mol. The van der Waals surface area contributed by atoms with Crippen LogP contribution in [0.1, 0.15) is 26.2 Å². The quantitative estimate of drug-likeness (QED) is 0.893. The molecule has 3 rings (SSSR count). The summed E-state index contributed by atoms with van der Waals surface area (Å²) in [6.07, 6.45) is 5.17. The molecule has 0 amide bonds. The van der Waals surface area contributed by atoms with Crippen LogP contribution in [-0.4, -0.2) is 35.7 Å². The molecule has 1 saturated carbocycles. The fraction of sp³-hybridized carbons (Fsp3) is 0.714. The lowest BCUT2D eigenvalue weighted by atomic mass is 9.79. The number of fused-ring (bicyclic) bond motifs is 1. The van der Waals surface area contributed by atoms with Crippen LogP contribution < -0.4 is 15.4 Å². The van der Waals surface area contributed by atoms with E-state index in [1.807, 2.05) is 13.0 Å². The van der Waals surface area contributed by atoms with Crippen molar-refractivity contribution >= 4 is 5.82 Å². The van der Waals surface area contributed by atoms with Gasteiger partial charge in [-0.15, -0.1) is 0 Å². The molecular weight excluding hydrogens is 240 g/mol. The molecule has 5 heteroatoms. The average molecular weight is 262 g/mol. The summed E-state index contributed by atoms with van der Waals surface area (Å²) in [7, 11) is 0. The van der Waals surface area contributed by atoms with E-state index in [2.05, 4.69) is 14.9 Å². The van der Waals surface area contributed by atoms with Crippen LogP contribution in [0.2, 0.25) is 0 Å². The summed E-state index contributed by atoms with van der Waals surface area (Å²) in [5.41, 5.74) is 6.07. The Morgan fingerprint density at radius 2 is 2.16 bits per heavy atom. The summed E-state index contributed by atoms with van der Waals surface area (Å²) in [5.74, 6) is 3.17. The van der Waals surface area contributed by atoms with Crippen molar-refractivity contribution in [2.75, 3.05) is 24.6 Å². The van der Waals surface area contributed by atoms with Crippen molar-refractivity contribution in [3.63, 3.8) is 0 Å². The zero-order chi connectivity index (χ0) is 13.2. The Morgan fingerprint density at radius 3 is 3.00 bits per heavy atom. The summed E-state index contributed by atoms with van der Waals surface area (Å²) in [4.78, 5) is 10.9. The number of ether oxygens (including phenoxy) is 1. The van der Waals surface area contributed by atoms with Crippen molar-refractivity contribution in [1.29, 1.82) is 0 Å². The Kier molecular flexibility index (Phi) is 3.55. The zero-order valence-corrected chi connectivity index (χ0v) is 11.5. The van der Waals surface area contributed by atoms with E-state index in [4.69, 9.17) is 10.5 Å². The molecular formula is C14H22N4O. The molecule has 2 fully saturated rings. The van der Waals surface area contributed by atoms with Crippen LogP contribution in [0.25, 0.3) is 0 Å². The van der Waals surface area contributed by atoms with E-state index in [0.29, 0.717) is 18.5 Å². The zero-order valence-electron chi connectivity index (χ0n) is 11.5. The van der Waals surface area contributed by atoms with Crippen LogP contribution in [0.3, 0.4) is 0 Å². The maximum atomic E-state index is 6.07. The Hall–Kier alpha value is -1.36. The van der Waals surface area contributed by atoms with Crippen LogP contribution in [0.4, 0.5) is 5.82 Å². The molecule has 104 valence electrons. The second-order valence-corrected chi connectivity index (χ2v) is 5.65. The van der Waals surface area contributed by atoms with E-state index >= 15 is 0 Å². The molecule has 0 bridgehead atoms. The summed E-state index contributed by atoms with van der Waals surface area (Å²) in [5, 5.41) is 0. The van der Waals surface area contributed by atoms with Crippen LogP contribution in [0, 0.1) is 11.8 Å². The molecule has 1 aromatic rings. The number of hydrogen-bond acceptors (Lipinski definition) is 5. The number of anilines is 1. The lowest BCUT2D eigenvalue weighted by molar-refractivity contribution is 0.271. The predicted molar refractivity (Wildman–Crippen MR) is 74.2 cm³/mol. The minimum absolute atomic E-state index is 0.394. The Balaban J connectivity index is 1.71. The smallest absolute Gasteiger partial charge is 0.218 e. The van der Waals surface area contributed by atoms with E-state index in [0.717, 1.165) is 37.2 Å². The third-order valence-electron chi connectivity index (χ3n) is 4.33. The van der Waals surface area contributed by atoms with Gasteiger partial charge in [-0.2, -0.15) is 0 Å². The van der Waals surface area contributed by atoms with E-state index in [9.17, 15) is 0 Å². The largest absolute Gasteiger partial charge is 0.478 e. The molecule has 0 aromatic carbocycles. The standard InChI is InChI=1S/C14H22N4O/c1-2-19-14-6-13(16-9-17-14)18-7-10-3-4-12(15)5-11(10)8-18/h6,9-12H,2-5,7-8,15H2,1H3/t10-,11+,12?/m1/s1. The van der Waals surface area contributed by atoms with Gasteiger partial charge in [0.05, 0.1) is 6.61 Å². The number of hydrogen-bond donors (Lipinski definition) is 1. The highest BCUT2D eigenvalue weighted by atomic mass is 16.5. The summed E-state index contributed by atoms with van der Waals surface area (Å²) < 4.78 is 5.44. The Bertz CT molecular complexity index is 439. The molecule has 1 aliphatic carbocycles. The van der Waals surface area contributed by atoms with Crippen LogP contribution >= 0.6 is 0 Å². The van der Waals surface area contributed by atoms with Gasteiger partial charge in [-0.25, -0.2) is 9.97 Å². The summed E-state index contributed by atoms with van der Waals surface area (Å²) >= 11 is 0. The van der Waals surface area contributed by atoms with Gasteiger partial charge in [0.2, 0.25) is 5.88 Å². The van der Waals surface area contributed by atoms with Crippen LogP contribution in [0.5, 0.6) is 5.88 Å². The molecule has 19 heavy (non-hydrogen) atoms. The number of rotatable bonds is 3. The van der Waals surface area contributed by atoms with E-state index in [-0.39, 0.29) is 0 Å². The minimum atomic E-state index is 0.394. The van der Waals surface area contributed by atoms with Gasteiger partial charge in [0, 0.05) is 25.2 Å². The molecule has 0 spiro atoms. The minimum Gasteiger partial charge on any atom is -0.478 e. The third kappa shape index (κ3) is 2.66. The van der Waals surface area contributed by atoms with Gasteiger partial charge >= 0.3 is 0 Å². The maximum Gasteiger partial charge on any atom is 0.218 e. The number of aromatic nitrogens is 2. The fourth-order valence-electron chi connectivity index (χ4n) is 3.38. The van der Waals surface area contributed by atoms with E-state index < -0.39 is 0 Å². The Labute approximate surface area is 114 Å². The molecule has 2 aliphatic rings. The van der Waals surface area contributed by atoms with Gasteiger partial charge in [0.15, 0.2) is 0 Å². The SMILES string of the molecule is CCOc1cc(N2C[C@H]3CCC(N)C[C@H]3C2)ncn1. The van der Waals surface area contributed by atoms with Gasteiger partial charge in [-0.1, -0.05) is 0 Å². The molecule has 3 atom stereocenters. The molecule has 1 aliphatic heterocycles. The van der Waals surface area contributed by atoms with Gasteiger partial charge in [0.1, 0.15) is 12.1 Å². The normalized spacial score (nSPS) is 30.2. The summed E-state index contributed by atoms with van der Waals surface area (Å²) in [6.45, 7) is 4.77. The van der Waals surface area contributed by atoms with Crippen LogP contribution in [0.15, 0.2) is 12.4 Å². The third-order valence-corrected chi connectivity index (χ3v) is 4.33. The summed E-state index contributed by atoms with van der Waals surface area (Å²) in [6, 6.07) is 2.34. The average Bonchev–Trinajstić information content (AvgIpc) is 2.82. The van der Waals surface area contributed by atoms with Crippen molar-refractivity contribution < 1.29 is 4.74 Å². The van der Waals surface area contributed by atoms with Crippen molar-refractivity contribution in [3.8, 4) is 5.88 Å². The highest BCUT2D eigenvalue weighted by molar-refractivity contribution is 5.42. The van der Waals surface area contributed by atoms with E-state index in [1.54, 1.807) is 6.33 Å². The molecule has 5 nitrogen and oxygen atoms in total. The van der Waals surface area contributed by atoms with Gasteiger partial charge in [0.25, 0.3) is 0 Å². The van der Waals surface area contributed by atoms with Gasteiger partial charge in [-0.05, 0) is 38.0 Å². The van der Waals surface area contributed by atoms with Gasteiger partial charge in [-0.3, -0.25) is 0 Å². The van der Waals surface area contributed by atoms with Crippen molar-refractivity contribution in [3.05, 3.63) is 12.4 Å². The number of nitrogens with zero attached hydrogens (tertiary/aromatic N) is 3. The highest BCUT2D eigenvalue weighted by Gasteiger charge is 2.37. The lowest BCUT2D eigenvalue weighted by Gasteiger charge is -2.27. The molecule has 2 N–H and O–H groups in total. The first kappa shape index (κ1) is 12.7. The van der Waals surface area contributed by atoms with E-state index in [1.165, 1.54) is 12.8 Å². The molecule has 2 heterocycles. The molecule has 1 saturated heterocycles. The molecule has 0 radical (unpaired) electrons. The topological polar surface area (TPSA) is 64.3 Å². The second-order valence-electron chi connectivity index (χ2n) is 5.65. The first-order valence-electron chi connectivity index (χ1n) is 7.21. The van der Waals surface area contributed by atoms with Gasteiger partial charge < -0.3 is 15.4 Å². The molecule has 1 aromatic heterocycles. The second kappa shape index (κ2) is 5.33. The fourth-order valence-corrected chi connectivity index (χ4v) is 3.38. The molecule has 1 unspecified atom stereocenters. The Morgan fingerprint density at radius 1 is 1.32 bits per heavy atom. The predicted octanol–water partition coefficient (Wildman–Crippen LogP) is 1.44. The highest BCUT2D eigenvalue weighted by Crippen LogP contribution is 2.37. The van der Waals surface area contributed by atoms with Crippen molar-refractivity contribution in [1.82, 2.24) is 9.97 Å².